The van der Waals surface area contributed by atoms with Crippen LogP contribution in [0.3, 0.4) is 0 Å². The largest absolute Gasteiger partial charge is 0.454 e. The number of amides is 1. The number of likely N-dealkylation sites (tertiary alicyclic amines) is 1. The van der Waals surface area contributed by atoms with Crippen LogP contribution in [0, 0.1) is 5.82 Å². The number of carbonyl (C=O) groups is 1. The Hall–Kier alpha value is -3.42. The van der Waals surface area contributed by atoms with Crippen LogP contribution in [0.4, 0.5) is 4.39 Å². The Labute approximate surface area is 159 Å². The Morgan fingerprint density at radius 2 is 1.93 bits per heavy atom. The molecule has 0 aliphatic carbocycles. The molecule has 3 heterocycles. The van der Waals surface area contributed by atoms with Gasteiger partial charge in [0.05, 0.1) is 0 Å². The van der Waals surface area contributed by atoms with E-state index >= 15 is 0 Å². The molecule has 28 heavy (non-hydrogen) atoms. The summed E-state index contributed by atoms with van der Waals surface area (Å²) in [5.74, 6) is 1.79. The van der Waals surface area contributed by atoms with Gasteiger partial charge in [-0.2, -0.15) is 4.98 Å². The minimum atomic E-state index is -0.330. The van der Waals surface area contributed by atoms with Crippen LogP contribution in [0.2, 0.25) is 0 Å². The smallest absolute Gasteiger partial charge is 0.257 e. The molecule has 2 aliphatic rings. The van der Waals surface area contributed by atoms with E-state index in [0.717, 1.165) is 11.3 Å². The molecule has 0 radical (unpaired) electrons. The van der Waals surface area contributed by atoms with Crippen LogP contribution in [-0.2, 0) is 11.3 Å². The molecule has 1 unspecified atom stereocenters. The first-order chi connectivity index (χ1) is 13.7. The maximum Gasteiger partial charge on any atom is 0.257 e. The monoisotopic (exact) mass is 381 g/mol. The van der Waals surface area contributed by atoms with Crippen molar-refractivity contribution in [1.29, 1.82) is 0 Å². The molecule has 142 valence electrons. The van der Waals surface area contributed by atoms with Crippen LogP contribution in [0.5, 0.6) is 11.5 Å². The van der Waals surface area contributed by atoms with Gasteiger partial charge in [-0.3, -0.25) is 4.79 Å². The Morgan fingerprint density at radius 1 is 1.11 bits per heavy atom. The number of ether oxygens (including phenoxy) is 2. The molecule has 2 aromatic carbocycles. The molecule has 0 bridgehead atoms. The van der Waals surface area contributed by atoms with Crippen molar-refractivity contribution in [2.75, 3.05) is 13.3 Å². The number of carbonyl (C=O) groups excluding carboxylic acids is 1. The average molecular weight is 381 g/mol. The number of benzene rings is 2. The molecule has 1 fully saturated rings. The average Bonchev–Trinajstić information content (AvgIpc) is 3.42. The maximum atomic E-state index is 13.1. The fraction of sp³-hybridized carbons (Fsp3) is 0.250. The lowest BCUT2D eigenvalue weighted by Gasteiger charge is -2.16. The fourth-order valence-electron chi connectivity index (χ4n) is 3.47. The van der Waals surface area contributed by atoms with E-state index in [2.05, 4.69) is 10.1 Å². The quantitative estimate of drug-likeness (QED) is 0.691. The summed E-state index contributed by atoms with van der Waals surface area (Å²) >= 11 is 0. The normalized spacial score (nSPS) is 18.1. The Balaban J connectivity index is 1.29. The van der Waals surface area contributed by atoms with Crippen molar-refractivity contribution in [3.63, 3.8) is 0 Å². The van der Waals surface area contributed by atoms with E-state index in [0.29, 0.717) is 42.5 Å². The van der Waals surface area contributed by atoms with Crippen molar-refractivity contribution in [3.05, 3.63) is 59.7 Å². The maximum absolute atomic E-state index is 13.1. The van der Waals surface area contributed by atoms with Crippen molar-refractivity contribution in [2.45, 2.75) is 18.9 Å². The van der Waals surface area contributed by atoms with Crippen molar-refractivity contribution < 1.29 is 23.2 Å². The second-order valence-electron chi connectivity index (χ2n) is 6.83. The van der Waals surface area contributed by atoms with E-state index in [1.807, 2.05) is 18.2 Å². The van der Waals surface area contributed by atoms with Gasteiger partial charge in [0.15, 0.2) is 17.3 Å². The molecule has 0 N–H and O–H groups in total. The number of halogens is 1. The van der Waals surface area contributed by atoms with E-state index in [1.165, 1.54) is 12.1 Å². The summed E-state index contributed by atoms with van der Waals surface area (Å²) in [6.07, 6.45) is 0.326. The fourth-order valence-corrected chi connectivity index (χ4v) is 3.47. The van der Waals surface area contributed by atoms with Crippen LogP contribution < -0.4 is 9.47 Å². The Kier molecular flexibility index (Phi) is 3.96. The highest BCUT2D eigenvalue weighted by Gasteiger charge is 2.34. The molecule has 2 aliphatic heterocycles. The highest BCUT2D eigenvalue weighted by atomic mass is 19.1. The van der Waals surface area contributed by atoms with Gasteiger partial charge in [0, 0.05) is 31.0 Å². The number of aromatic nitrogens is 2. The van der Waals surface area contributed by atoms with Gasteiger partial charge in [0.1, 0.15) is 5.82 Å². The van der Waals surface area contributed by atoms with E-state index < -0.39 is 0 Å². The second kappa shape index (κ2) is 6.63. The van der Waals surface area contributed by atoms with Crippen molar-refractivity contribution >= 4 is 5.91 Å². The van der Waals surface area contributed by atoms with Crippen LogP contribution in [0.1, 0.15) is 23.7 Å². The molecular formula is C20H16FN3O4. The van der Waals surface area contributed by atoms with Gasteiger partial charge < -0.3 is 18.9 Å². The highest BCUT2D eigenvalue weighted by Crippen LogP contribution is 2.34. The van der Waals surface area contributed by atoms with Gasteiger partial charge in [0.25, 0.3) is 5.89 Å². The zero-order valence-electron chi connectivity index (χ0n) is 14.8. The summed E-state index contributed by atoms with van der Waals surface area (Å²) in [5, 5.41) is 4.02. The van der Waals surface area contributed by atoms with Gasteiger partial charge in [-0.15, -0.1) is 0 Å². The minimum Gasteiger partial charge on any atom is -0.454 e. The lowest BCUT2D eigenvalue weighted by molar-refractivity contribution is -0.128. The number of hydrogen-bond acceptors (Lipinski definition) is 6. The summed E-state index contributed by atoms with van der Waals surface area (Å²) in [6.45, 7) is 1.21. The number of nitrogens with zero attached hydrogens (tertiary/aromatic N) is 3. The number of rotatable bonds is 4. The third-order valence-electron chi connectivity index (χ3n) is 4.92. The summed E-state index contributed by atoms with van der Waals surface area (Å²) in [5.41, 5.74) is 1.61. The first-order valence-electron chi connectivity index (χ1n) is 8.91. The molecule has 0 spiro atoms. The third kappa shape index (κ3) is 3.06. The van der Waals surface area contributed by atoms with Gasteiger partial charge >= 0.3 is 0 Å². The van der Waals surface area contributed by atoms with E-state index in [1.54, 1.807) is 17.0 Å². The SMILES string of the molecule is O=C1CC(c2noc(-c3ccc(F)cc3)n2)CN1Cc1ccc2c(c1)OCO2. The lowest BCUT2D eigenvalue weighted by atomic mass is 10.1. The van der Waals surface area contributed by atoms with E-state index in [9.17, 15) is 9.18 Å². The first kappa shape index (κ1) is 16.7. The molecule has 1 amide bonds. The predicted molar refractivity (Wildman–Crippen MR) is 95.0 cm³/mol. The Bertz CT molecular complexity index is 1030. The molecule has 3 aromatic rings. The minimum absolute atomic E-state index is 0.0378. The molecule has 8 heteroatoms. The summed E-state index contributed by atoms with van der Waals surface area (Å²) in [4.78, 5) is 18.6. The van der Waals surface area contributed by atoms with Crippen LogP contribution >= 0.6 is 0 Å². The van der Waals surface area contributed by atoms with Gasteiger partial charge in [-0.05, 0) is 42.0 Å². The molecule has 7 nitrogen and oxygen atoms in total. The van der Waals surface area contributed by atoms with E-state index in [4.69, 9.17) is 14.0 Å². The molecule has 0 saturated carbocycles. The summed E-state index contributed by atoms with van der Waals surface area (Å²) < 4.78 is 29.1. The lowest BCUT2D eigenvalue weighted by Crippen LogP contribution is -2.24. The highest BCUT2D eigenvalue weighted by molar-refractivity contribution is 5.79. The summed E-state index contributed by atoms with van der Waals surface area (Å²) in [7, 11) is 0. The van der Waals surface area contributed by atoms with Crippen molar-refractivity contribution in [1.82, 2.24) is 15.0 Å². The van der Waals surface area contributed by atoms with Crippen LogP contribution in [0.15, 0.2) is 47.0 Å². The molecular weight excluding hydrogens is 365 g/mol. The van der Waals surface area contributed by atoms with Crippen LogP contribution in [0.25, 0.3) is 11.5 Å². The Morgan fingerprint density at radius 3 is 2.79 bits per heavy atom. The van der Waals surface area contributed by atoms with E-state index in [-0.39, 0.29) is 24.4 Å². The standard InChI is InChI=1S/C20H16FN3O4/c21-15-4-2-13(3-5-15)20-22-19(23-28-20)14-8-18(25)24(10-14)9-12-1-6-16-17(7-12)27-11-26-16/h1-7,14H,8-11H2. The van der Waals surface area contributed by atoms with Gasteiger partial charge in [-0.25, -0.2) is 4.39 Å². The molecule has 1 atom stereocenters. The summed E-state index contributed by atoms with van der Waals surface area (Å²) in [6, 6.07) is 11.5. The van der Waals surface area contributed by atoms with Crippen LogP contribution in [-0.4, -0.2) is 34.3 Å². The predicted octanol–water partition coefficient (Wildman–Crippen LogP) is 3.12. The molecule has 1 saturated heterocycles. The zero-order chi connectivity index (χ0) is 19.1. The van der Waals surface area contributed by atoms with Crippen molar-refractivity contribution in [2.24, 2.45) is 0 Å². The number of fused-ring (bicyclic) bond motifs is 1. The zero-order valence-corrected chi connectivity index (χ0v) is 14.8. The topological polar surface area (TPSA) is 77.7 Å². The molecule has 5 rings (SSSR count). The molecule has 1 aromatic heterocycles. The first-order valence-corrected chi connectivity index (χ1v) is 8.91. The number of hydrogen-bond donors (Lipinski definition) is 0. The van der Waals surface area contributed by atoms with Gasteiger partial charge in [0.2, 0.25) is 12.7 Å². The second-order valence-corrected chi connectivity index (χ2v) is 6.83. The third-order valence-corrected chi connectivity index (χ3v) is 4.92. The van der Waals surface area contributed by atoms with Crippen molar-refractivity contribution in [3.8, 4) is 23.0 Å². The van der Waals surface area contributed by atoms with Gasteiger partial charge in [-0.1, -0.05) is 11.2 Å².